The first-order chi connectivity index (χ1) is 11.6. The molecule has 0 aromatic heterocycles. The van der Waals surface area contributed by atoms with Crippen molar-refractivity contribution >= 4 is 11.4 Å². The van der Waals surface area contributed by atoms with Crippen LogP contribution in [0, 0.1) is 11.6 Å². The van der Waals surface area contributed by atoms with Gasteiger partial charge in [0.2, 0.25) is 5.82 Å². The second kappa shape index (κ2) is 6.58. The number of anilines is 2. The average Bonchev–Trinajstić information content (AvgIpc) is 2.59. The van der Waals surface area contributed by atoms with Crippen molar-refractivity contribution in [3.05, 3.63) is 83.9 Å². The fourth-order valence-electron chi connectivity index (χ4n) is 2.49. The van der Waals surface area contributed by atoms with Crippen molar-refractivity contribution in [2.75, 3.05) is 4.90 Å². The summed E-state index contributed by atoms with van der Waals surface area (Å²) < 4.78 is 27.1. The molecule has 3 rings (SSSR count). The molecule has 3 aromatic carbocycles. The number of benzene rings is 3. The number of hydrogen-bond donors (Lipinski definition) is 2. The molecule has 0 spiro atoms. The average molecular weight is 327 g/mol. The van der Waals surface area contributed by atoms with Gasteiger partial charge < -0.3 is 15.1 Å². The van der Waals surface area contributed by atoms with Crippen molar-refractivity contribution in [2.24, 2.45) is 0 Å². The van der Waals surface area contributed by atoms with Gasteiger partial charge in [-0.1, -0.05) is 36.4 Å². The van der Waals surface area contributed by atoms with Gasteiger partial charge in [0.1, 0.15) is 5.75 Å². The molecule has 0 atom stereocenters. The van der Waals surface area contributed by atoms with Gasteiger partial charge in [-0.3, -0.25) is 0 Å². The molecule has 122 valence electrons. The molecule has 0 radical (unpaired) electrons. The predicted molar refractivity (Wildman–Crippen MR) is 88.4 cm³/mol. The predicted octanol–water partition coefficient (Wildman–Crippen LogP) is 4.71. The second-order valence-corrected chi connectivity index (χ2v) is 5.32. The summed E-state index contributed by atoms with van der Waals surface area (Å²) in [4.78, 5) is 1.60. The van der Waals surface area contributed by atoms with Crippen molar-refractivity contribution < 1.29 is 19.0 Å². The molecule has 0 fully saturated rings. The van der Waals surface area contributed by atoms with E-state index in [9.17, 15) is 19.0 Å². The monoisotopic (exact) mass is 327 g/mol. The Kier molecular flexibility index (Phi) is 4.33. The van der Waals surface area contributed by atoms with E-state index < -0.39 is 17.4 Å². The summed E-state index contributed by atoms with van der Waals surface area (Å²) in [6, 6.07) is 18.0. The highest BCUT2D eigenvalue weighted by atomic mass is 19.2. The molecule has 0 bridgehead atoms. The van der Waals surface area contributed by atoms with Crippen LogP contribution in [0.2, 0.25) is 0 Å². The molecule has 3 nitrogen and oxygen atoms in total. The highest BCUT2D eigenvalue weighted by Crippen LogP contribution is 2.37. The smallest absolute Gasteiger partial charge is 0.202 e. The number of phenols is 2. The first-order valence-electron chi connectivity index (χ1n) is 7.33. The minimum Gasteiger partial charge on any atom is -0.508 e. The molecule has 5 heteroatoms. The largest absolute Gasteiger partial charge is 0.508 e. The Hall–Kier alpha value is -3.08. The lowest BCUT2D eigenvalue weighted by atomic mass is 10.1. The van der Waals surface area contributed by atoms with Gasteiger partial charge in [0.25, 0.3) is 0 Å². The van der Waals surface area contributed by atoms with Crippen molar-refractivity contribution in [1.29, 1.82) is 0 Å². The molecule has 0 saturated heterocycles. The van der Waals surface area contributed by atoms with Gasteiger partial charge in [-0.25, -0.2) is 4.39 Å². The van der Waals surface area contributed by atoms with Crippen LogP contribution in [-0.2, 0) is 6.54 Å². The highest BCUT2D eigenvalue weighted by Gasteiger charge is 2.19. The molecule has 0 saturated carbocycles. The zero-order valence-electron chi connectivity index (χ0n) is 12.7. The summed E-state index contributed by atoms with van der Waals surface area (Å²) in [5.74, 6) is -3.15. The zero-order chi connectivity index (χ0) is 17.1. The van der Waals surface area contributed by atoms with E-state index in [4.69, 9.17) is 0 Å². The van der Waals surface area contributed by atoms with Crippen LogP contribution in [0.5, 0.6) is 11.5 Å². The normalized spacial score (nSPS) is 10.6. The van der Waals surface area contributed by atoms with Crippen LogP contribution in [0.25, 0.3) is 0 Å². The first-order valence-corrected chi connectivity index (χ1v) is 7.33. The lowest BCUT2D eigenvalue weighted by Crippen LogP contribution is -2.17. The van der Waals surface area contributed by atoms with Crippen LogP contribution < -0.4 is 4.90 Å². The lowest BCUT2D eigenvalue weighted by molar-refractivity contribution is 0.407. The Bertz CT molecular complexity index is 853. The maximum absolute atomic E-state index is 13.8. The Morgan fingerprint density at radius 2 is 1.58 bits per heavy atom. The number of halogens is 2. The van der Waals surface area contributed by atoms with Crippen LogP contribution in [0.3, 0.4) is 0 Å². The van der Waals surface area contributed by atoms with Crippen LogP contribution in [-0.4, -0.2) is 10.2 Å². The van der Waals surface area contributed by atoms with E-state index in [2.05, 4.69) is 0 Å². The van der Waals surface area contributed by atoms with Gasteiger partial charge in [0.15, 0.2) is 11.6 Å². The molecule has 0 aliphatic carbocycles. The summed E-state index contributed by atoms with van der Waals surface area (Å²) in [6.45, 7) is 0.308. The maximum atomic E-state index is 13.8. The third kappa shape index (κ3) is 3.15. The Labute approximate surface area is 138 Å². The summed E-state index contributed by atoms with van der Waals surface area (Å²) in [5.41, 5.74) is 1.56. The molecule has 2 N–H and O–H groups in total. The fraction of sp³-hybridized carbons (Fsp3) is 0.0526. The number of phenolic OH excluding ortho intramolecular Hbond substituents is 2. The van der Waals surface area contributed by atoms with Gasteiger partial charge in [-0.15, -0.1) is 0 Å². The molecule has 0 amide bonds. The van der Waals surface area contributed by atoms with E-state index in [1.807, 2.05) is 30.3 Å². The quantitative estimate of drug-likeness (QED) is 0.729. The van der Waals surface area contributed by atoms with Gasteiger partial charge in [-0.2, -0.15) is 4.39 Å². The molecule has 3 aromatic rings. The minimum atomic E-state index is -1.30. The third-order valence-corrected chi connectivity index (χ3v) is 3.66. The lowest BCUT2D eigenvalue weighted by Gasteiger charge is -2.26. The van der Waals surface area contributed by atoms with E-state index in [1.165, 1.54) is 18.2 Å². The molecule has 24 heavy (non-hydrogen) atoms. The van der Waals surface area contributed by atoms with E-state index in [1.54, 1.807) is 17.0 Å². The minimum absolute atomic E-state index is 0.0348. The summed E-state index contributed by atoms with van der Waals surface area (Å²) in [5, 5.41) is 19.8. The number of rotatable bonds is 4. The van der Waals surface area contributed by atoms with E-state index in [0.29, 0.717) is 12.2 Å². The van der Waals surface area contributed by atoms with Gasteiger partial charge >= 0.3 is 0 Å². The highest BCUT2D eigenvalue weighted by molar-refractivity contribution is 5.70. The third-order valence-electron chi connectivity index (χ3n) is 3.66. The molecule has 0 unspecified atom stereocenters. The van der Waals surface area contributed by atoms with E-state index >= 15 is 0 Å². The van der Waals surface area contributed by atoms with Crippen molar-refractivity contribution in [1.82, 2.24) is 0 Å². The fourth-order valence-corrected chi connectivity index (χ4v) is 2.49. The second-order valence-electron chi connectivity index (χ2n) is 5.32. The molecule has 0 heterocycles. The molecular weight excluding hydrogens is 312 g/mol. The molecule has 0 aliphatic heterocycles. The van der Waals surface area contributed by atoms with Crippen LogP contribution in [0.1, 0.15) is 5.56 Å². The van der Waals surface area contributed by atoms with Crippen molar-refractivity contribution in [3.63, 3.8) is 0 Å². The zero-order valence-corrected chi connectivity index (χ0v) is 12.7. The Balaban J connectivity index is 2.10. The number of nitrogens with zero attached hydrogens (tertiary/aromatic N) is 1. The van der Waals surface area contributed by atoms with Crippen LogP contribution in [0.15, 0.2) is 66.7 Å². The molecular formula is C19H15F2NO2. The molecule has 0 aliphatic rings. The van der Waals surface area contributed by atoms with E-state index in [-0.39, 0.29) is 11.4 Å². The first kappa shape index (κ1) is 15.8. The Morgan fingerprint density at radius 3 is 2.29 bits per heavy atom. The van der Waals surface area contributed by atoms with Gasteiger partial charge in [-0.05, 0) is 29.8 Å². The summed E-state index contributed by atoms with van der Waals surface area (Å²) >= 11 is 0. The van der Waals surface area contributed by atoms with Gasteiger partial charge in [0, 0.05) is 18.3 Å². The maximum Gasteiger partial charge on any atom is 0.202 e. The van der Waals surface area contributed by atoms with E-state index in [0.717, 1.165) is 11.6 Å². The Morgan fingerprint density at radius 1 is 0.833 bits per heavy atom. The van der Waals surface area contributed by atoms with Crippen LogP contribution >= 0.6 is 0 Å². The topological polar surface area (TPSA) is 43.7 Å². The van der Waals surface area contributed by atoms with Crippen molar-refractivity contribution in [3.8, 4) is 11.5 Å². The summed E-state index contributed by atoms with van der Waals surface area (Å²) in [7, 11) is 0. The standard InChI is InChI=1S/C19H15F2NO2/c20-16-9-10-17(19(24)18(16)21)22(12-13-5-2-1-3-6-13)14-7-4-8-15(23)11-14/h1-11,23-24H,12H2. The van der Waals surface area contributed by atoms with Gasteiger partial charge in [0.05, 0.1) is 5.69 Å². The SMILES string of the molecule is Oc1cccc(N(Cc2ccccc2)c2ccc(F)c(F)c2O)c1. The number of aromatic hydroxyl groups is 2. The number of hydrogen-bond acceptors (Lipinski definition) is 3. The van der Waals surface area contributed by atoms with Crippen molar-refractivity contribution in [2.45, 2.75) is 6.54 Å². The summed E-state index contributed by atoms with van der Waals surface area (Å²) in [6.07, 6.45) is 0. The van der Waals surface area contributed by atoms with Crippen LogP contribution in [0.4, 0.5) is 20.2 Å².